The van der Waals surface area contributed by atoms with Crippen LogP contribution in [0.15, 0.2) is 23.3 Å². The Morgan fingerprint density at radius 2 is 1.41 bits per heavy atom. The number of rotatable bonds is 23. The van der Waals surface area contributed by atoms with Crippen LogP contribution >= 0.6 is 0 Å². The predicted octanol–water partition coefficient (Wildman–Crippen LogP) is 14.9. The number of allylic oxidation sites excluding steroid dienone is 3. The van der Waals surface area contributed by atoms with E-state index in [0.717, 1.165) is 37.0 Å². The van der Waals surface area contributed by atoms with Gasteiger partial charge in [0.25, 0.3) is 0 Å². The third-order valence-electron chi connectivity index (χ3n) is 15.1. The van der Waals surface area contributed by atoms with Gasteiger partial charge in [-0.3, -0.25) is 4.79 Å². The first-order chi connectivity index (χ1) is 23.6. The zero-order valence-electron chi connectivity index (χ0n) is 33.8. The molecule has 0 aromatic carbocycles. The van der Waals surface area contributed by atoms with Crippen molar-refractivity contribution in [2.45, 2.75) is 227 Å². The van der Waals surface area contributed by atoms with E-state index < -0.39 is 0 Å². The van der Waals surface area contributed by atoms with Gasteiger partial charge in [0.15, 0.2) is 0 Å². The topological polar surface area (TPSA) is 26.3 Å². The Kier molecular flexibility index (Phi) is 16.8. The van der Waals surface area contributed by atoms with Crippen LogP contribution in [-0.2, 0) is 9.53 Å². The van der Waals surface area contributed by atoms with Gasteiger partial charge in [-0.2, -0.15) is 0 Å². The monoisotopic (exact) mass is 679 g/mol. The van der Waals surface area contributed by atoms with Gasteiger partial charge in [-0.25, -0.2) is 0 Å². The molecule has 4 aliphatic carbocycles. The summed E-state index contributed by atoms with van der Waals surface area (Å²) in [6.45, 7) is 19.0. The second-order valence-electron chi connectivity index (χ2n) is 18.5. The molecular weight excluding hydrogens is 597 g/mol. The molecule has 0 aromatic heterocycles. The summed E-state index contributed by atoms with van der Waals surface area (Å²) >= 11 is 0. The minimum atomic E-state index is 0.0787. The van der Waals surface area contributed by atoms with Crippen LogP contribution in [-0.4, -0.2) is 12.1 Å². The van der Waals surface area contributed by atoms with Crippen LogP contribution in [0.5, 0.6) is 0 Å². The molecule has 2 heteroatoms. The zero-order valence-corrected chi connectivity index (χ0v) is 33.8. The Balaban J connectivity index is 1.13. The van der Waals surface area contributed by atoms with Crippen molar-refractivity contribution >= 4 is 5.97 Å². The van der Waals surface area contributed by atoms with Crippen molar-refractivity contribution in [3.05, 3.63) is 23.3 Å². The van der Waals surface area contributed by atoms with E-state index in [1.54, 1.807) is 0 Å². The van der Waals surface area contributed by atoms with E-state index in [9.17, 15) is 4.79 Å². The molecule has 4 rings (SSSR count). The lowest BCUT2D eigenvalue weighted by Gasteiger charge is -2.57. The summed E-state index contributed by atoms with van der Waals surface area (Å²) in [7, 11) is 0. The fraction of sp³-hybridized carbons (Fsp3) is 0.894. The van der Waals surface area contributed by atoms with Crippen molar-refractivity contribution in [2.24, 2.45) is 40.4 Å². The lowest BCUT2D eigenvalue weighted by Crippen LogP contribution is -2.48. The molecule has 3 fully saturated rings. The van der Waals surface area contributed by atoms with Crippen molar-refractivity contribution in [3.63, 3.8) is 0 Å². The zero-order chi connectivity index (χ0) is 35.3. The van der Waals surface area contributed by atoms with Crippen LogP contribution in [0.2, 0.25) is 0 Å². The quantitative estimate of drug-likeness (QED) is 0.0611. The first kappa shape index (κ1) is 40.7. The molecule has 0 aromatic rings. The number of fused-ring (bicyclic) bond motifs is 4. The molecule has 2 nitrogen and oxygen atoms in total. The van der Waals surface area contributed by atoms with E-state index in [1.165, 1.54) is 160 Å². The average molecular weight is 679 g/mol. The smallest absolute Gasteiger partial charge is 0.306 e. The lowest BCUT2D eigenvalue weighted by atomic mass is 9.48. The SMILES string of the molecule is C=C(C)[C@H](CC)CC[C@@H](C)[C@H]1CCC2=C3CC[C@H]4C[C@@H](OC(=O)CCCCCCCCCCCCCCCCC)CC[C@]4(C)[C@H]3CC[C@@]21C. The van der Waals surface area contributed by atoms with Gasteiger partial charge in [0.1, 0.15) is 6.10 Å². The summed E-state index contributed by atoms with van der Waals surface area (Å²) in [5.74, 6) is 3.92. The largest absolute Gasteiger partial charge is 0.462 e. The van der Waals surface area contributed by atoms with Crippen molar-refractivity contribution in [1.82, 2.24) is 0 Å². The maximum absolute atomic E-state index is 12.9. The molecule has 0 aliphatic heterocycles. The van der Waals surface area contributed by atoms with E-state index in [0.29, 0.717) is 29.1 Å². The molecule has 0 radical (unpaired) electrons. The van der Waals surface area contributed by atoms with Gasteiger partial charge in [-0.15, -0.1) is 0 Å². The molecule has 282 valence electrons. The third-order valence-corrected chi connectivity index (χ3v) is 15.1. The Bertz CT molecular complexity index is 1040. The summed E-state index contributed by atoms with van der Waals surface area (Å²) in [4.78, 5) is 12.9. The first-order valence-corrected chi connectivity index (χ1v) is 22.2. The number of ether oxygens (including phenoxy) is 1. The maximum atomic E-state index is 12.9. The van der Waals surface area contributed by atoms with Gasteiger partial charge in [0, 0.05) is 6.42 Å². The average Bonchev–Trinajstić information content (AvgIpc) is 3.44. The normalized spacial score (nSPS) is 30.7. The van der Waals surface area contributed by atoms with E-state index in [2.05, 4.69) is 48.1 Å². The first-order valence-electron chi connectivity index (χ1n) is 22.2. The molecule has 0 spiro atoms. The standard InChI is InChI=1S/C47H82O2/c1-8-10-11-12-13-14-15-16-17-18-19-20-21-22-23-24-45(48)49-40-31-33-46(6)39(35-40)27-28-41-43-30-29-42(47(43,7)34-32-44(41)46)37(5)25-26-38(9-2)36(3)4/h37-40,42,44H,3,8-35H2,1-2,4-7H3/t37-,38-,39+,40+,42-,44+,46+,47-/m1/s1. The molecule has 0 unspecified atom stereocenters. The number of esters is 1. The highest BCUT2D eigenvalue weighted by molar-refractivity contribution is 5.69. The minimum Gasteiger partial charge on any atom is -0.462 e. The van der Waals surface area contributed by atoms with E-state index in [-0.39, 0.29) is 12.1 Å². The summed E-state index contributed by atoms with van der Waals surface area (Å²) < 4.78 is 6.17. The minimum absolute atomic E-state index is 0.0787. The van der Waals surface area contributed by atoms with Crippen LogP contribution in [0.4, 0.5) is 0 Å². The second kappa shape index (κ2) is 20.3. The van der Waals surface area contributed by atoms with E-state index >= 15 is 0 Å². The number of hydrogen-bond acceptors (Lipinski definition) is 2. The van der Waals surface area contributed by atoms with Crippen molar-refractivity contribution in [1.29, 1.82) is 0 Å². The molecule has 0 saturated heterocycles. The highest BCUT2D eigenvalue weighted by Crippen LogP contribution is 2.66. The Labute approximate surface area is 305 Å². The third kappa shape index (κ3) is 11.0. The molecule has 3 saturated carbocycles. The molecule has 0 N–H and O–H groups in total. The molecule has 0 bridgehead atoms. The van der Waals surface area contributed by atoms with Crippen LogP contribution in [0.25, 0.3) is 0 Å². The summed E-state index contributed by atoms with van der Waals surface area (Å²) in [6.07, 6.45) is 36.7. The molecule has 0 amide bonds. The number of unbranched alkanes of at least 4 members (excludes halogenated alkanes) is 14. The van der Waals surface area contributed by atoms with E-state index in [4.69, 9.17) is 4.74 Å². The van der Waals surface area contributed by atoms with Crippen molar-refractivity contribution in [2.75, 3.05) is 0 Å². The predicted molar refractivity (Wildman–Crippen MR) is 212 cm³/mol. The number of hydrogen-bond donors (Lipinski definition) is 0. The maximum Gasteiger partial charge on any atom is 0.306 e. The van der Waals surface area contributed by atoms with Gasteiger partial charge < -0.3 is 4.74 Å². The number of carbonyl (C=O) groups is 1. The summed E-state index contributed by atoms with van der Waals surface area (Å²) in [5.41, 5.74) is 6.02. The summed E-state index contributed by atoms with van der Waals surface area (Å²) in [6, 6.07) is 0. The van der Waals surface area contributed by atoms with Crippen molar-refractivity contribution < 1.29 is 9.53 Å². The highest BCUT2D eigenvalue weighted by Gasteiger charge is 2.56. The molecule has 8 atom stereocenters. The second-order valence-corrected chi connectivity index (χ2v) is 18.5. The fourth-order valence-corrected chi connectivity index (χ4v) is 11.9. The Morgan fingerprint density at radius 1 is 0.796 bits per heavy atom. The number of carbonyl (C=O) groups excluding carboxylic acids is 1. The van der Waals surface area contributed by atoms with Gasteiger partial charge in [0.05, 0.1) is 0 Å². The summed E-state index contributed by atoms with van der Waals surface area (Å²) in [5, 5.41) is 0. The Morgan fingerprint density at radius 3 is 2.00 bits per heavy atom. The van der Waals surface area contributed by atoms with Gasteiger partial charge in [-0.1, -0.05) is 148 Å². The molecular formula is C47H82O2. The Hall–Kier alpha value is -1.05. The van der Waals surface area contributed by atoms with Crippen LogP contribution in [0, 0.1) is 40.4 Å². The van der Waals surface area contributed by atoms with Crippen LogP contribution in [0.1, 0.15) is 221 Å². The van der Waals surface area contributed by atoms with Crippen molar-refractivity contribution in [3.8, 4) is 0 Å². The lowest BCUT2D eigenvalue weighted by molar-refractivity contribution is -0.155. The van der Waals surface area contributed by atoms with Gasteiger partial charge in [-0.05, 0) is 131 Å². The van der Waals surface area contributed by atoms with E-state index in [1.807, 2.05) is 11.1 Å². The van der Waals surface area contributed by atoms with Gasteiger partial charge >= 0.3 is 5.97 Å². The molecule has 0 heterocycles. The highest BCUT2D eigenvalue weighted by atomic mass is 16.5. The fourth-order valence-electron chi connectivity index (χ4n) is 11.9. The molecule has 49 heavy (non-hydrogen) atoms. The van der Waals surface area contributed by atoms with Crippen LogP contribution < -0.4 is 0 Å². The van der Waals surface area contributed by atoms with Gasteiger partial charge in [0.2, 0.25) is 0 Å². The molecule has 4 aliphatic rings. The van der Waals surface area contributed by atoms with Crippen LogP contribution in [0.3, 0.4) is 0 Å².